The van der Waals surface area contributed by atoms with E-state index in [1.165, 1.54) is 11.1 Å². The van der Waals surface area contributed by atoms with E-state index >= 15 is 0 Å². The molecule has 47 heavy (non-hydrogen) atoms. The predicted molar refractivity (Wildman–Crippen MR) is 195 cm³/mol. The zero-order chi connectivity index (χ0) is 32.9. The second kappa shape index (κ2) is 11.7. The lowest BCUT2D eigenvalue weighted by atomic mass is 9.84. The number of pyridine rings is 1. The predicted octanol–water partition coefficient (Wildman–Crippen LogP) is 11.0. The third-order valence-electron chi connectivity index (χ3n) is 8.97. The van der Waals surface area contributed by atoms with Gasteiger partial charge in [-0.25, -0.2) is 4.98 Å². The van der Waals surface area contributed by atoms with Crippen molar-refractivity contribution in [1.82, 2.24) is 14.5 Å². The van der Waals surface area contributed by atoms with E-state index in [1.54, 1.807) is 6.07 Å². The van der Waals surface area contributed by atoms with Crippen LogP contribution in [0.4, 0.5) is 0 Å². The van der Waals surface area contributed by atoms with Crippen LogP contribution in [0.1, 0.15) is 43.0 Å². The van der Waals surface area contributed by atoms with Crippen LogP contribution < -0.4 is 0 Å². The van der Waals surface area contributed by atoms with Crippen molar-refractivity contribution >= 4 is 11.0 Å². The Labute approximate surface area is 277 Å². The average molecular weight is 614 g/mol. The van der Waals surface area contributed by atoms with Gasteiger partial charge in [-0.15, -0.1) is 0 Å². The third-order valence-corrected chi connectivity index (χ3v) is 8.97. The summed E-state index contributed by atoms with van der Waals surface area (Å²) in [5, 5.41) is 11.1. The molecule has 0 spiro atoms. The van der Waals surface area contributed by atoms with Crippen LogP contribution in [0.2, 0.25) is 0 Å². The van der Waals surface area contributed by atoms with E-state index in [-0.39, 0.29) is 11.2 Å². The fraction of sp³-hybridized carbons (Fsp3) is 0.163. The number of aromatic hydroxyl groups is 1. The van der Waals surface area contributed by atoms with Crippen LogP contribution in [-0.4, -0.2) is 19.6 Å². The summed E-state index contributed by atoms with van der Waals surface area (Å²) in [6.07, 6.45) is 1.88. The van der Waals surface area contributed by atoms with Crippen LogP contribution in [0.25, 0.3) is 61.6 Å². The maximum absolute atomic E-state index is 11.1. The Balaban J connectivity index is 1.51. The molecule has 0 aliphatic carbocycles. The van der Waals surface area contributed by atoms with E-state index in [0.29, 0.717) is 11.4 Å². The van der Waals surface area contributed by atoms with Crippen molar-refractivity contribution in [3.8, 4) is 56.3 Å². The van der Waals surface area contributed by atoms with Gasteiger partial charge in [0.25, 0.3) is 0 Å². The Morgan fingerprint density at radius 1 is 0.617 bits per heavy atom. The first-order chi connectivity index (χ1) is 22.6. The molecule has 0 unspecified atom stereocenters. The number of nitrogens with zero attached hydrogens (tertiary/aromatic N) is 3. The molecule has 7 aromatic rings. The summed E-state index contributed by atoms with van der Waals surface area (Å²) in [5.41, 5.74) is 14.7. The molecule has 0 saturated carbocycles. The summed E-state index contributed by atoms with van der Waals surface area (Å²) in [5.74, 6) is 0.921. The van der Waals surface area contributed by atoms with Gasteiger partial charge in [-0.2, -0.15) is 0 Å². The molecule has 2 heterocycles. The van der Waals surface area contributed by atoms with Gasteiger partial charge in [0.15, 0.2) is 0 Å². The molecule has 0 bridgehead atoms. The Hall–Kier alpha value is -5.48. The van der Waals surface area contributed by atoms with Crippen LogP contribution >= 0.6 is 0 Å². The maximum Gasteiger partial charge on any atom is 0.149 e. The largest absolute Gasteiger partial charge is 0.507 e. The van der Waals surface area contributed by atoms with Crippen LogP contribution in [-0.2, 0) is 5.41 Å². The van der Waals surface area contributed by atoms with Crippen LogP contribution in [0.3, 0.4) is 0 Å². The number of rotatable bonds is 5. The van der Waals surface area contributed by atoms with E-state index in [4.69, 9.17) is 9.97 Å². The lowest BCUT2D eigenvalue weighted by Crippen LogP contribution is -2.12. The lowest BCUT2D eigenvalue weighted by Gasteiger charge is -2.22. The topological polar surface area (TPSA) is 50.9 Å². The normalized spacial score (nSPS) is 11.7. The van der Waals surface area contributed by atoms with Crippen molar-refractivity contribution in [2.75, 3.05) is 0 Å². The molecule has 7 rings (SSSR count). The van der Waals surface area contributed by atoms with Crippen LogP contribution in [0.5, 0.6) is 5.75 Å². The molecule has 2 aromatic heterocycles. The average Bonchev–Trinajstić information content (AvgIpc) is 3.43. The fourth-order valence-electron chi connectivity index (χ4n) is 6.67. The Bertz CT molecular complexity index is 2250. The minimum atomic E-state index is -0.117. The molecule has 0 fully saturated rings. The van der Waals surface area contributed by atoms with Gasteiger partial charge >= 0.3 is 0 Å². The highest BCUT2D eigenvalue weighted by Gasteiger charge is 2.25. The first-order valence-corrected chi connectivity index (χ1v) is 16.1. The van der Waals surface area contributed by atoms with Crippen molar-refractivity contribution < 1.29 is 5.11 Å². The van der Waals surface area contributed by atoms with Gasteiger partial charge < -0.3 is 5.11 Å². The van der Waals surface area contributed by atoms with Crippen molar-refractivity contribution in [1.29, 1.82) is 0 Å². The Morgan fingerprint density at radius 3 is 2.02 bits per heavy atom. The summed E-state index contributed by atoms with van der Waals surface area (Å²) < 4.78 is 2.25. The van der Waals surface area contributed by atoms with E-state index in [2.05, 4.69) is 131 Å². The number of imidazole rings is 1. The third kappa shape index (κ3) is 5.61. The fourth-order valence-corrected chi connectivity index (χ4v) is 6.67. The van der Waals surface area contributed by atoms with E-state index < -0.39 is 0 Å². The van der Waals surface area contributed by atoms with Crippen molar-refractivity contribution in [2.45, 2.75) is 47.0 Å². The zero-order valence-corrected chi connectivity index (χ0v) is 27.8. The van der Waals surface area contributed by atoms with Crippen molar-refractivity contribution in [2.24, 2.45) is 0 Å². The van der Waals surface area contributed by atoms with Crippen LogP contribution in [0, 0.1) is 20.8 Å². The van der Waals surface area contributed by atoms with Crippen molar-refractivity contribution in [3.63, 3.8) is 0 Å². The van der Waals surface area contributed by atoms with Gasteiger partial charge in [0, 0.05) is 17.3 Å². The smallest absolute Gasteiger partial charge is 0.149 e. The first kappa shape index (κ1) is 30.2. The summed E-state index contributed by atoms with van der Waals surface area (Å²) in [6.45, 7) is 13.2. The summed E-state index contributed by atoms with van der Waals surface area (Å²) in [4.78, 5) is 10.1. The molecule has 0 aliphatic heterocycles. The second-order valence-electron chi connectivity index (χ2n) is 13.6. The molecule has 0 atom stereocenters. The number of benzene rings is 5. The molecular weight excluding hydrogens is 574 g/mol. The molecule has 1 N–H and O–H groups in total. The van der Waals surface area contributed by atoms with Crippen LogP contribution in [0.15, 0.2) is 121 Å². The Morgan fingerprint density at radius 2 is 1.30 bits per heavy atom. The monoisotopic (exact) mass is 613 g/mol. The highest BCUT2D eigenvalue weighted by Crippen LogP contribution is 2.41. The summed E-state index contributed by atoms with van der Waals surface area (Å²) >= 11 is 0. The van der Waals surface area contributed by atoms with Gasteiger partial charge in [-0.05, 0) is 102 Å². The minimum Gasteiger partial charge on any atom is -0.507 e. The molecule has 5 aromatic carbocycles. The minimum absolute atomic E-state index is 0.117. The number of para-hydroxylation sites is 1. The maximum atomic E-state index is 11.1. The first-order valence-electron chi connectivity index (χ1n) is 16.1. The summed E-state index contributed by atoms with van der Waals surface area (Å²) in [7, 11) is 0. The molecular formula is C43H39N3O. The number of fused-ring (bicyclic) bond motifs is 1. The second-order valence-corrected chi connectivity index (χ2v) is 13.6. The van der Waals surface area contributed by atoms with Gasteiger partial charge in [0.1, 0.15) is 11.6 Å². The molecule has 0 saturated heterocycles. The quantitative estimate of drug-likeness (QED) is 0.210. The van der Waals surface area contributed by atoms with Gasteiger partial charge in [-0.3, -0.25) is 9.55 Å². The van der Waals surface area contributed by atoms with E-state index in [1.807, 2.05) is 30.5 Å². The molecule has 4 nitrogen and oxygen atoms in total. The molecule has 232 valence electrons. The number of aromatic nitrogens is 3. The highest BCUT2D eigenvalue weighted by atomic mass is 16.3. The zero-order valence-electron chi connectivity index (χ0n) is 27.8. The number of hydrogen-bond acceptors (Lipinski definition) is 3. The van der Waals surface area contributed by atoms with Gasteiger partial charge in [0.2, 0.25) is 0 Å². The van der Waals surface area contributed by atoms with Gasteiger partial charge in [-0.1, -0.05) is 99.1 Å². The molecule has 0 amide bonds. The lowest BCUT2D eigenvalue weighted by molar-refractivity contribution is 0.477. The molecule has 4 heteroatoms. The number of aryl methyl sites for hydroxylation is 3. The van der Waals surface area contributed by atoms with E-state index in [0.717, 1.165) is 61.4 Å². The van der Waals surface area contributed by atoms with Gasteiger partial charge in [0.05, 0.1) is 28.0 Å². The molecule has 0 aliphatic rings. The number of phenolic OH excluding ortho intramolecular Hbond substituents is 1. The number of hydrogen-bond donors (Lipinski definition) is 1. The van der Waals surface area contributed by atoms with Crippen molar-refractivity contribution in [3.05, 3.63) is 144 Å². The summed E-state index contributed by atoms with van der Waals surface area (Å²) in [6, 6.07) is 39.7. The van der Waals surface area contributed by atoms with E-state index in [9.17, 15) is 5.11 Å². The Kier molecular flexibility index (Phi) is 7.52. The SMILES string of the molecule is Cc1cc(C)c(-n2c(-c3ccccc3O)nc3c(-c4cccc(-c5cc(-c6ccccc6)ccn5)c4)cc(C(C)(C)C)cc32)c(C)c1. The number of phenols is 1. The highest BCUT2D eigenvalue weighted by molar-refractivity contribution is 5.97. The standard InChI is InChI=1S/C43H39N3O/c1-27-21-28(2)41(29(3)22-27)46-38-26-34(43(4,5)6)25-36(40(38)45-42(46)35-17-10-11-18-39(35)47)32-15-12-16-33(23-32)37-24-31(19-20-44-37)30-13-8-7-9-14-30/h7-26,47H,1-6H3. The molecule has 0 radical (unpaired) electrons.